The van der Waals surface area contributed by atoms with Gasteiger partial charge in [0.05, 0.1) is 0 Å². The van der Waals surface area contributed by atoms with Crippen LogP contribution >= 0.6 is 23.3 Å². The van der Waals surface area contributed by atoms with Gasteiger partial charge in [-0.25, -0.2) is 4.98 Å². The molecule has 0 saturated carbocycles. The van der Waals surface area contributed by atoms with E-state index in [4.69, 9.17) is 0 Å². The summed E-state index contributed by atoms with van der Waals surface area (Å²) in [6, 6.07) is 0. The molecular formula is C9H17N3S2. The van der Waals surface area contributed by atoms with Crippen LogP contribution in [-0.4, -0.2) is 28.7 Å². The van der Waals surface area contributed by atoms with Crippen LogP contribution in [0.4, 0.5) is 0 Å². The molecular weight excluding hydrogens is 214 g/mol. The summed E-state index contributed by atoms with van der Waals surface area (Å²) in [5, 5.41) is 3.14. The molecule has 0 unspecified atom stereocenters. The summed E-state index contributed by atoms with van der Waals surface area (Å²) in [6.45, 7) is 3.19. The Morgan fingerprint density at radius 1 is 1.43 bits per heavy atom. The van der Waals surface area contributed by atoms with Crippen LogP contribution in [0.5, 0.6) is 0 Å². The van der Waals surface area contributed by atoms with E-state index in [2.05, 4.69) is 21.6 Å². The van der Waals surface area contributed by atoms with Gasteiger partial charge in [0.25, 0.3) is 0 Å². The highest BCUT2D eigenvalue weighted by Crippen LogP contribution is 2.21. The third-order valence-electron chi connectivity index (χ3n) is 1.81. The van der Waals surface area contributed by atoms with Gasteiger partial charge in [0.15, 0.2) is 4.34 Å². The molecule has 5 heteroatoms. The number of hydrogen-bond donors (Lipinski definition) is 1. The fraction of sp³-hybridized carbons (Fsp3) is 0.778. The van der Waals surface area contributed by atoms with Gasteiger partial charge in [-0.3, -0.25) is 0 Å². The Labute approximate surface area is 93.9 Å². The Kier molecular flexibility index (Phi) is 6.14. The van der Waals surface area contributed by atoms with Crippen molar-refractivity contribution in [3.05, 3.63) is 5.82 Å². The van der Waals surface area contributed by atoms with Crippen molar-refractivity contribution in [2.45, 2.75) is 30.5 Å². The van der Waals surface area contributed by atoms with Crippen molar-refractivity contribution in [3.63, 3.8) is 0 Å². The third-order valence-corrected chi connectivity index (χ3v) is 3.77. The summed E-state index contributed by atoms with van der Waals surface area (Å²) in [5.41, 5.74) is 0. The molecule has 3 nitrogen and oxygen atoms in total. The van der Waals surface area contributed by atoms with E-state index < -0.39 is 0 Å². The monoisotopic (exact) mass is 231 g/mol. The second-order valence-electron chi connectivity index (χ2n) is 2.99. The van der Waals surface area contributed by atoms with Gasteiger partial charge in [-0.05, 0) is 38.0 Å². The number of hydrogen-bond acceptors (Lipinski definition) is 5. The minimum atomic E-state index is 0.941. The Hall–Kier alpha value is -0.130. The average molecular weight is 231 g/mol. The van der Waals surface area contributed by atoms with Gasteiger partial charge in [-0.2, -0.15) is 4.37 Å². The largest absolute Gasteiger partial charge is 0.320 e. The van der Waals surface area contributed by atoms with Crippen LogP contribution in [0.15, 0.2) is 4.34 Å². The second kappa shape index (κ2) is 7.20. The molecule has 14 heavy (non-hydrogen) atoms. The highest BCUT2D eigenvalue weighted by molar-refractivity contribution is 8.00. The molecule has 0 atom stereocenters. The first-order valence-electron chi connectivity index (χ1n) is 4.96. The van der Waals surface area contributed by atoms with Crippen molar-refractivity contribution >= 4 is 23.3 Å². The third kappa shape index (κ3) is 4.39. The first-order chi connectivity index (χ1) is 6.86. The number of nitrogens with one attached hydrogen (secondary N) is 1. The summed E-state index contributed by atoms with van der Waals surface area (Å²) in [7, 11) is 1.99. The van der Waals surface area contributed by atoms with Crippen LogP contribution in [-0.2, 0) is 6.42 Å². The predicted molar refractivity (Wildman–Crippen MR) is 63.2 cm³/mol. The van der Waals surface area contributed by atoms with Gasteiger partial charge in [0.2, 0.25) is 0 Å². The predicted octanol–water partition coefficient (Wildman–Crippen LogP) is 2.19. The lowest BCUT2D eigenvalue weighted by molar-refractivity contribution is 0.715. The molecule has 0 aromatic carbocycles. The maximum absolute atomic E-state index is 4.40. The Balaban J connectivity index is 2.12. The molecule has 0 fully saturated rings. The number of thioether (sulfide) groups is 1. The second-order valence-corrected chi connectivity index (χ2v) is 5.08. The lowest BCUT2D eigenvalue weighted by Crippen LogP contribution is -2.07. The molecule has 1 N–H and O–H groups in total. The standard InChI is InChI=1S/C9H17N3S2/c1-3-8-11-9(14-12-8)13-7-5-4-6-10-2/h10H,3-7H2,1-2H3. The first kappa shape index (κ1) is 11.9. The zero-order chi connectivity index (χ0) is 10.2. The minimum absolute atomic E-state index is 0.941. The molecule has 1 aromatic heterocycles. The van der Waals surface area contributed by atoms with Crippen molar-refractivity contribution in [1.82, 2.24) is 14.7 Å². The SMILES string of the molecule is CCc1nsc(SCCCCNC)n1. The van der Waals surface area contributed by atoms with Crippen molar-refractivity contribution in [2.75, 3.05) is 19.3 Å². The molecule has 0 aliphatic carbocycles. The summed E-state index contributed by atoms with van der Waals surface area (Å²) in [5.74, 6) is 2.13. The molecule has 80 valence electrons. The molecule has 0 radical (unpaired) electrons. The van der Waals surface area contributed by atoms with Crippen molar-refractivity contribution in [3.8, 4) is 0 Å². The topological polar surface area (TPSA) is 37.8 Å². The van der Waals surface area contributed by atoms with Crippen LogP contribution in [0.2, 0.25) is 0 Å². The van der Waals surface area contributed by atoms with Gasteiger partial charge in [-0.15, -0.1) is 0 Å². The van der Waals surface area contributed by atoms with Gasteiger partial charge < -0.3 is 5.32 Å². The summed E-state index contributed by atoms with van der Waals surface area (Å²) >= 11 is 3.35. The molecule has 0 bridgehead atoms. The highest BCUT2D eigenvalue weighted by atomic mass is 32.2. The van der Waals surface area contributed by atoms with E-state index in [1.165, 1.54) is 24.4 Å². The molecule has 1 rings (SSSR count). The smallest absolute Gasteiger partial charge is 0.170 e. The highest BCUT2D eigenvalue weighted by Gasteiger charge is 2.01. The number of unbranched alkanes of at least 4 members (excludes halogenated alkanes) is 1. The summed E-state index contributed by atoms with van der Waals surface area (Å²) in [6.07, 6.45) is 3.42. The lowest BCUT2D eigenvalue weighted by Gasteiger charge is -1.97. The van der Waals surface area contributed by atoms with Crippen LogP contribution in [0.25, 0.3) is 0 Å². The lowest BCUT2D eigenvalue weighted by atomic mass is 10.3. The fourth-order valence-corrected chi connectivity index (χ4v) is 2.77. The molecule has 0 amide bonds. The van der Waals surface area contributed by atoms with Crippen molar-refractivity contribution < 1.29 is 0 Å². The van der Waals surface area contributed by atoms with Gasteiger partial charge in [0.1, 0.15) is 5.82 Å². The number of nitrogens with zero attached hydrogens (tertiary/aromatic N) is 2. The maximum atomic E-state index is 4.40. The van der Waals surface area contributed by atoms with Gasteiger partial charge in [0, 0.05) is 12.2 Å². The van der Waals surface area contributed by atoms with Gasteiger partial charge >= 0.3 is 0 Å². The van der Waals surface area contributed by atoms with E-state index in [0.717, 1.165) is 28.9 Å². The molecule has 1 heterocycles. The van der Waals surface area contributed by atoms with E-state index in [9.17, 15) is 0 Å². The molecule has 0 aliphatic rings. The molecule has 0 aliphatic heterocycles. The maximum Gasteiger partial charge on any atom is 0.170 e. The number of rotatable bonds is 7. The first-order valence-corrected chi connectivity index (χ1v) is 6.72. The zero-order valence-electron chi connectivity index (χ0n) is 8.75. The summed E-state index contributed by atoms with van der Waals surface area (Å²) in [4.78, 5) is 4.40. The van der Waals surface area contributed by atoms with Gasteiger partial charge in [-0.1, -0.05) is 18.7 Å². The normalized spacial score (nSPS) is 10.7. The molecule has 1 aromatic rings. The Morgan fingerprint density at radius 3 is 2.93 bits per heavy atom. The van der Waals surface area contributed by atoms with E-state index in [0.29, 0.717) is 0 Å². The van der Waals surface area contributed by atoms with E-state index in [1.807, 2.05) is 18.8 Å². The van der Waals surface area contributed by atoms with Crippen LogP contribution in [0, 0.1) is 0 Å². The Morgan fingerprint density at radius 2 is 2.29 bits per heavy atom. The minimum Gasteiger partial charge on any atom is -0.320 e. The quantitative estimate of drug-likeness (QED) is 0.576. The van der Waals surface area contributed by atoms with E-state index in [1.54, 1.807) is 0 Å². The van der Waals surface area contributed by atoms with Crippen molar-refractivity contribution in [2.24, 2.45) is 0 Å². The van der Waals surface area contributed by atoms with Crippen LogP contribution < -0.4 is 5.32 Å². The number of aromatic nitrogens is 2. The summed E-state index contributed by atoms with van der Waals surface area (Å²) < 4.78 is 5.36. The van der Waals surface area contributed by atoms with Crippen LogP contribution in [0.1, 0.15) is 25.6 Å². The van der Waals surface area contributed by atoms with Crippen LogP contribution in [0.3, 0.4) is 0 Å². The fourth-order valence-electron chi connectivity index (χ4n) is 1.00. The Bertz CT molecular complexity index is 250. The van der Waals surface area contributed by atoms with E-state index >= 15 is 0 Å². The molecule has 0 spiro atoms. The average Bonchev–Trinajstić information content (AvgIpc) is 2.65. The zero-order valence-corrected chi connectivity index (χ0v) is 10.4. The number of aryl methyl sites for hydroxylation is 1. The molecule has 0 saturated heterocycles. The van der Waals surface area contributed by atoms with Crippen molar-refractivity contribution in [1.29, 1.82) is 0 Å². The van der Waals surface area contributed by atoms with E-state index in [-0.39, 0.29) is 0 Å².